The third-order valence-corrected chi connectivity index (χ3v) is 3.06. The standard InChI is InChI=1S/C14H21N2/c1-11-6-5-7-13-12(10-15-14(11)13)8-9-16(2,3)4/h5-7,10,15H,8-9H2,1-4H3/q+1. The molecule has 0 unspecified atom stereocenters. The second kappa shape index (κ2) is 3.95. The van der Waals surface area contributed by atoms with E-state index in [0.29, 0.717) is 0 Å². The average molecular weight is 217 g/mol. The van der Waals surface area contributed by atoms with Crippen LogP contribution >= 0.6 is 0 Å². The predicted molar refractivity (Wildman–Crippen MR) is 69.6 cm³/mol. The van der Waals surface area contributed by atoms with Crippen LogP contribution in [-0.2, 0) is 6.42 Å². The third kappa shape index (κ3) is 2.27. The first-order chi connectivity index (χ1) is 7.47. The molecule has 0 saturated carbocycles. The minimum Gasteiger partial charge on any atom is -0.361 e. The van der Waals surface area contributed by atoms with Gasteiger partial charge in [-0.15, -0.1) is 0 Å². The number of aromatic amines is 1. The highest BCUT2D eigenvalue weighted by Gasteiger charge is 2.10. The fraction of sp³-hybridized carbons (Fsp3) is 0.429. The van der Waals surface area contributed by atoms with Gasteiger partial charge in [0, 0.05) is 23.5 Å². The zero-order valence-electron chi connectivity index (χ0n) is 10.7. The molecule has 86 valence electrons. The molecule has 0 saturated heterocycles. The SMILES string of the molecule is Cc1cccc2c(CC[N+](C)(C)C)c[nH]c12. The summed E-state index contributed by atoms with van der Waals surface area (Å²) >= 11 is 0. The largest absolute Gasteiger partial charge is 0.361 e. The Morgan fingerprint density at radius 2 is 1.94 bits per heavy atom. The van der Waals surface area contributed by atoms with Crippen molar-refractivity contribution >= 4 is 10.9 Å². The minimum absolute atomic E-state index is 1.01. The van der Waals surface area contributed by atoms with Crippen molar-refractivity contribution in [3.05, 3.63) is 35.5 Å². The molecule has 0 aliphatic carbocycles. The smallest absolute Gasteiger partial charge is 0.0822 e. The Morgan fingerprint density at radius 3 is 2.62 bits per heavy atom. The first kappa shape index (κ1) is 11.2. The minimum atomic E-state index is 1.01. The van der Waals surface area contributed by atoms with Crippen molar-refractivity contribution in [1.82, 2.24) is 4.98 Å². The number of para-hydroxylation sites is 1. The molecule has 0 atom stereocenters. The van der Waals surface area contributed by atoms with Gasteiger partial charge in [-0.3, -0.25) is 0 Å². The summed E-state index contributed by atoms with van der Waals surface area (Å²) in [5.74, 6) is 0. The van der Waals surface area contributed by atoms with Crippen LogP contribution in [0.2, 0.25) is 0 Å². The normalized spacial score (nSPS) is 12.2. The Hall–Kier alpha value is -1.28. The predicted octanol–water partition coefficient (Wildman–Crippen LogP) is 2.73. The summed E-state index contributed by atoms with van der Waals surface area (Å²) in [6, 6.07) is 6.51. The number of benzene rings is 1. The molecule has 0 bridgehead atoms. The van der Waals surface area contributed by atoms with E-state index in [9.17, 15) is 0 Å². The highest BCUT2D eigenvalue weighted by molar-refractivity contribution is 5.85. The number of aryl methyl sites for hydroxylation is 1. The van der Waals surface area contributed by atoms with E-state index in [1.165, 1.54) is 28.6 Å². The van der Waals surface area contributed by atoms with Gasteiger partial charge in [0.25, 0.3) is 0 Å². The number of nitrogens with zero attached hydrogens (tertiary/aromatic N) is 1. The number of fused-ring (bicyclic) bond motifs is 1. The Morgan fingerprint density at radius 1 is 1.19 bits per heavy atom. The first-order valence-corrected chi connectivity index (χ1v) is 5.83. The molecule has 0 aliphatic heterocycles. The van der Waals surface area contributed by atoms with Crippen LogP contribution in [0.15, 0.2) is 24.4 Å². The third-order valence-electron chi connectivity index (χ3n) is 3.06. The lowest BCUT2D eigenvalue weighted by Gasteiger charge is -2.23. The van der Waals surface area contributed by atoms with Gasteiger partial charge in [0.15, 0.2) is 0 Å². The lowest BCUT2D eigenvalue weighted by Crippen LogP contribution is -2.36. The summed E-state index contributed by atoms with van der Waals surface area (Å²) in [4.78, 5) is 3.39. The number of rotatable bonds is 3. The number of nitrogens with one attached hydrogen (secondary N) is 1. The highest BCUT2D eigenvalue weighted by atomic mass is 15.3. The topological polar surface area (TPSA) is 15.8 Å². The van der Waals surface area contributed by atoms with E-state index in [4.69, 9.17) is 0 Å². The zero-order valence-corrected chi connectivity index (χ0v) is 10.7. The number of hydrogen-bond acceptors (Lipinski definition) is 0. The Labute approximate surface area is 97.5 Å². The molecule has 1 aromatic heterocycles. The van der Waals surface area contributed by atoms with E-state index < -0.39 is 0 Å². The van der Waals surface area contributed by atoms with Crippen molar-refractivity contribution in [2.24, 2.45) is 0 Å². The molecule has 0 spiro atoms. The van der Waals surface area contributed by atoms with E-state index in [0.717, 1.165) is 10.9 Å². The lowest BCUT2D eigenvalue weighted by molar-refractivity contribution is -0.870. The van der Waals surface area contributed by atoms with Crippen LogP contribution in [0.5, 0.6) is 0 Å². The van der Waals surface area contributed by atoms with Gasteiger partial charge >= 0.3 is 0 Å². The zero-order chi connectivity index (χ0) is 11.8. The van der Waals surface area contributed by atoms with Crippen molar-refractivity contribution in [1.29, 1.82) is 0 Å². The number of aromatic nitrogens is 1. The second-order valence-electron chi connectivity index (χ2n) is 5.58. The summed E-state index contributed by atoms with van der Waals surface area (Å²) in [6.07, 6.45) is 3.29. The highest BCUT2D eigenvalue weighted by Crippen LogP contribution is 2.21. The Bertz CT molecular complexity index is 489. The summed E-state index contributed by atoms with van der Waals surface area (Å²) in [5.41, 5.74) is 4.06. The summed E-state index contributed by atoms with van der Waals surface area (Å²) in [7, 11) is 6.71. The van der Waals surface area contributed by atoms with Gasteiger partial charge in [-0.2, -0.15) is 0 Å². The lowest BCUT2D eigenvalue weighted by atomic mass is 10.1. The summed E-state index contributed by atoms with van der Waals surface area (Å²) in [5, 5.41) is 1.38. The molecule has 0 fully saturated rings. The van der Waals surface area contributed by atoms with Gasteiger partial charge in [-0.25, -0.2) is 0 Å². The molecule has 1 aromatic carbocycles. The van der Waals surface area contributed by atoms with Crippen molar-refractivity contribution in [3.63, 3.8) is 0 Å². The van der Waals surface area contributed by atoms with Gasteiger partial charge in [0.2, 0.25) is 0 Å². The average Bonchev–Trinajstić information content (AvgIpc) is 2.58. The first-order valence-electron chi connectivity index (χ1n) is 5.83. The maximum Gasteiger partial charge on any atom is 0.0822 e. The molecule has 1 N–H and O–H groups in total. The van der Waals surface area contributed by atoms with Gasteiger partial charge in [-0.05, 0) is 18.1 Å². The number of hydrogen-bond donors (Lipinski definition) is 1. The van der Waals surface area contributed by atoms with E-state index in [1.807, 2.05) is 0 Å². The van der Waals surface area contributed by atoms with Crippen LogP contribution < -0.4 is 0 Å². The van der Waals surface area contributed by atoms with Crippen molar-refractivity contribution < 1.29 is 4.48 Å². The molecule has 0 aliphatic rings. The molecular weight excluding hydrogens is 196 g/mol. The van der Waals surface area contributed by atoms with E-state index >= 15 is 0 Å². The summed E-state index contributed by atoms with van der Waals surface area (Å²) in [6.45, 7) is 3.32. The molecule has 2 heteroatoms. The molecular formula is C14H21N2+. The Balaban J connectivity index is 2.29. The molecule has 2 aromatic rings. The van der Waals surface area contributed by atoms with Crippen LogP contribution in [0.3, 0.4) is 0 Å². The number of likely N-dealkylation sites (N-methyl/N-ethyl adjacent to an activating group) is 1. The molecule has 16 heavy (non-hydrogen) atoms. The van der Waals surface area contributed by atoms with Crippen LogP contribution in [0, 0.1) is 6.92 Å². The molecule has 0 radical (unpaired) electrons. The van der Waals surface area contributed by atoms with E-state index in [-0.39, 0.29) is 0 Å². The maximum atomic E-state index is 3.39. The van der Waals surface area contributed by atoms with Crippen molar-refractivity contribution in [2.45, 2.75) is 13.3 Å². The monoisotopic (exact) mass is 217 g/mol. The van der Waals surface area contributed by atoms with Crippen LogP contribution in [-0.4, -0.2) is 37.2 Å². The number of H-pyrrole nitrogens is 1. The van der Waals surface area contributed by atoms with E-state index in [1.54, 1.807) is 0 Å². The number of quaternary nitrogens is 1. The van der Waals surface area contributed by atoms with Crippen LogP contribution in [0.25, 0.3) is 10.9 Å². The fourth-order valence-electron chi connectivity index (χ4n) is 2.03. The molecule has 2 nitrogen and oxygen atoms in total. The van der Waals surface area contributed by atoms with Gasteiger partial charge in [0.05, 0.1) is 27.7 Å². The molecule has 0 amide bonds. The van der Waals surface area contributed by atoms with Gasteiger partial charge in [-0.1, -0.05) is 18.2 Å². The fourth-order valence-corrected chi connectivity index (χ4v) is 2.03. The van der Waals surface area contributed by atoms with Crippen LogP contribution in [0.1, 0.15) is 11.1 Å². The van der Waals surface area contributed by atoms with Crippen molar-refractivity contribution in [2.75, 3.05) is 27.7 Å². The van der Waals surface area contributed by atoms with Gasteiger partial charge in [0.1, 0.15) is 0 Å². The molecule has 1 heterocycles. The quantitative estimate of drug-likeness (QED) is 0.761. The van der Waals surface area contributed by atoms with Gasteiger partial charge < -0.3 is 9.47 Å². The van der Waals surface area contributed by atoms with Crippen molar-refractivity contribution in [3.8, 4) is 0 Å². The summed E-state index contributed by atoms with van der Waals surface area (Å²) < 4.78 is 1.01. The maximum absolute atomic E-state index is 3.39. The van der Waals surface area contributed by atoms with Crippen LogP contribution in [0.4, 0.5) is 0 Å². The second-order valence-corrected chi connectivity index (χ2v) is 5.58. The molecule has 2 rings (SSSR count). The van der Waals surface area contributed by atoms with E-state index in [2.05, 4.69) is 57.4 Å². The Kier molecular flexibility index (Phi) is 2.76.